The summed E-state index contributed by atoms with van der Waals surface area (Å²) in [7, 11) is 0. The smallest absolute Gasteiger partial charge is 0.368 e. The molecule has 0 amide bonds. The maximum absolute atomic E-state index is 12.8. The van der Waals surface area contributed by atoms with Crippen LogP contribution in [0.5, 0.6) is 0 Å². The van der Waals surface area contributed by atoms with E-state index in [2.05, 4.69) is 32.9 Å². The number of carbonyl (C=O) groups excluding carboxylic acids is 2. The predicted molar refractivity (Wildman–Crippen MR) is 148 cm³/mol. The van der Waals surface area contributed by atoms with Crippen molar-refractivity contribution in [3.05, 3.63) is 60.2 Å². The van der Waals surface area contributed by atoms with Gasteiger partial charge in [0.05, 0.1) is 12.0 Å². The van der Waals surface area contributed by atoms with Gasteiger partial charge >= 0.3 is 23.7 Å². The molecule has 220 valence electrons. The molecule has 9 heteroatoms. The molecule has 2 rings (SSSR count). The first-order valence-electron chi connectivity index (χ1n) is 13.8. The Kier molecular flexibility index (Phi) is 11.8. The first-order valence-corrected chi connectivity index (χ1v) is 13.8. The molecule has 1 fully saturated rings. The van der Waals surface area contributed by atoms with Gasteiger partial charge < -0.3 is 25.2 Å². The lowest BCUT2D eigenvalue weighted by molar-refractivity contribution is -0.271. The van der Waals surface area contributed by atoms with Crippen molar-refractivity contribution in [2.24, 2.45) is 17.3 Å². The number of hydrogen-bond acceptors (Lipinski definition) is 7. The van der Waals surface area contributed by atoms with E-state index < -0.39 is 42.1 Å². The van der Waals surface area contributed by atoms with Crippen LogP contribution in [0.25, 0.3) is 0 Å². The van der Waals surface area contributed by atoms with Crippen LogP contribution >= 0.6 is 0 Å². The molecule has 4 N–H and O–H groups in total. The van der Waals surface area contributed by atoms with Crippen LogP contribution in [-0.2, 0) is 19.1 Å². The summed E-state index contributed by atoms with van der Waals surface area (Å²) in [4.78, 5) is 48.8. The minimum atomic E-state index is -3.71. The highest BCUT2D eigenvalue weighted by molar-refractivity contribution is 5.91. The Morgan fingerprint density at radius 1 is 1.02 bits per heavy atom. The van der Waals surface area contributed by atoms with E-state index in [1.54, 1.807) is 12.1 Å². The van der Waals surface area contributed by atoms with Gasteiger partial charge in [-0.1, -0.05) is 76.1 Å². The minimum Gasteiger partial charge on any atom is -0.481 e. The van der Waals surface area contributed by atoms with Crippen LogP contribution < -0.4 is 0 Å². The molecule has 0 saturated heterocycles. The van der Waals surface area contributed by atoms with E-state index in [0.717, 1.165) is 32.1 Å². The molecule has 0 spiro atoms. The highest BCUT2D eigenvalue weighted by Gasteiger charge is 2.59. The molecule has 0 heterocycles. The molecule has 9 nitrogen and oxygen atoms in total. The summed E-state index contributed by atoms with van der Waals surface area (Å²) in [6, 6.07) is 7.40. The summed E-state index contributed by atoms with van der Waals surface area (Å²) in [6.07, 6.45) is 11.1. The van der Waals surface area contributed by atoms with Gasteiger partial charge in [0.25, 0.3) is 0 Å². The van der Waals surface area contributed by atoms with Crippen LogP contribution in [-0.4, -0.2) is 55.5 Å². The number of unbranched alkanes of at least 4 members (excludes halogenated alkanes) is 1. The summed E-state index contributed by atoms with van der Waals surface area (Å²) in [5.74, 6) is -8.75. The van der Waals surface area contributed by atoms with Crippen molar-refractivity contribution in [3.8, 4) is 0 Å². The summed E-state index contributed by atoms with van der Waals surface area (Å²) >= 11 is 0. The van der Waals surface area contributed by atoms with Crippen molar-refractivity contribution in [2.75, 3.05) is 0 Å². The Balaban J connectivity index is 2.22. The molecule has 1 unspecified atom stereocenters. The zero-order chi connectivity index (χ0) is 30.0. The molecule has 1 aliphatic rings. The molecule has 0 radical (unpaired) electrons. The normalized spacial score (nSPS) is 19.7. The third-order valence-corrected chi connectivity index (χ3v) is 7.59. The Hall–Kier alpha value is -3.30. The molecular formula is C31H42O9. The van der Waals surface area contributed by atoms with E-state index in [0.29, 0.717) is 12.8 Å². The number of hydrogen-bond donors (Lipinski definition) is 4. The lowest BCUT2D eigenvalue weighted by Crippen LogP contribution is -2.62. The van der Waals surface area contributed by atoms with E-state index >= 15 is 0 Å². The largest absolute Gasteiger partial charge is 0.481 e. The van der Waals surface area contributed by atoms with Gasteiger partial charge in [-0.2, -0.15) is 0 Å². The summed E-state index contributed by atoms with van der Waals surface area (Å²) in [6.45, 7) is 6.61. The Morgan fingerprint density at radius 2 is 1.70 bits per heavy atom. The van der Waals surface area contributed by atoms with Crippen molar-refractivity contribution >= 4 is 23.7 Å². The van der Waals surface area contributed by atoms with Gasteiger partial charge in [0.1, 0.15) is 5.78 Å². The molecule has 0 aliphatic heterocycles. The van der Waals surface area contributed by atoms with Crippen molar-refractivity contribution in [1.82, 2.24) is 0 Å². The van der Waals surface area contributed by atoms with E-state index in [1.807, 2.05) is 0 Å². The van der Waals surface area contributed by atoms with Crippen LogP contribution in [0.15, 0.2) is 54.6 Å². The molecule has 1 aromatic rings. The number of aliphatic hydroxyl groups is 2. The molecule has 40 heavy (non-hydrogen) atoms. The molecule has 3 atom stereocenters. The van der Waals surface area contributed by atoms with Crippen molar-refractivity contribution in [1.29, 1.82) is 0 Å². The SMILES string of the molecule is CCCCC(C)(C)C/C=C/[C@H]1CCC(=O)[C@@H]1C/C=C\CC(CC(=O)O)(OC(=O)c1ccccc1)C(O)(O)C(=O)O. The van der Waals surface area contributed by atoms with Gasteiger partial charge in [-0.25, -0.2) is 9.59 Å². The number of rotatable bonds is 16. The number of ketones is 1. The van der Waals surface area contributed by atoms with Gasteiger partial charge in [0, 0.05) is 18.8 Å². The average Bonchev–Trinajstić information content (AvgIpc) is 3.24. The number of Topliss-reactive ketones (excluding diaryl/α,β-unsaturated/α-hetero) is 1. The zero-order valence-corrected chi connectivity index (χ0v) is 23.5. The summed E-state index contributed by atoms with van der Waals surface area (Å²) < 4.78 is 5.26. The highest BCUT2D eigenvalue weighted by Crippen LogP contribution is 2.37. The van der Waals surface area contributed by atoms with Gasteiger partial charge in [0.15, 0.2) is 5.60 Å². The molecule has 0 aromatic heterocycles. The number of allylic oxidation sites excluding steroid dienone is 3. The van der Waals surface area contributed by atoms with Gasteiger partial charge in [-0.3, -0.25) is 9.59 Å². The number of carboxylic acids is 2. The number of benzene rings is 1. The number of aliphatic carboxylic acids is 2. The van der Waals surface area contributed by atoms with Crippen molar-refractivity contribution in [2.45, 2.75) is 89.9 Å². The summed E-state index contributed by atoms with van der Waals surface area (Å²) in [5, 5.41) is 39.9. The zero-order valence-electron chi connectivity index (χ0n) is 23.5. The topological polar surface area (TPSA) is 158 Å². The molecule has 1 aromatic carbocycles. The Bertz CT molecular complexity index is 1090. The van der Waals surface area contributed by atoms with Gasteiger partial charge in [-0.05, 0) is 49.1 Å². The fourth-order valence-corrected chi connectivity index (χ4v) is 5.04. The minimum absolute atomic E-state index is 0.0218. The molecule has 0 bridgehead atoms. The van der Waals surface area contributed by atoms with Gasteiger partial charge in [0.2, 0.25) is 0 Å². The average molecular weight is 559 g/mol. The van der Waals surface area contributed by atoms with Crippen LogP contribution in [0.3, 0.4) is 0 Å². The second kappa shape index (κ2) is 14.4. The lowest BCUT2D eigenvalue weighted by Gasteiger charge is -2.38. The first kappa shape index (κ1) is 32.9. The monoisotopic (exact) mass is 558 g/mol. The van der Waals surface area contributed by atoms with Crippen LogP contribution in [0.4, 0.5) is 0 Å². The maximum atomic E-state index is 12.8. The molecule has 1 saturated carbocycles. The second-order valence-corrected chi connectivity index (χ2v) is 11.4. The summed E-state index contributed by atoms with van der Waals surface area (Å²) in [5.41, 5.74) is -2.59. The van der Waals surface area contributed by atoms with E-state index in [9.17, 15) is 39.6 Å². The van der Waals surface area contributed by atoms with Crippen molar-refractivity contribution in [3.63, 3.8) is 0 Å². The van der Waals surface area contributed by atoms with Crippen LogP contribution in [0.2, 0.25) is 0 Å². The van der Waals surface area contributed by atoms with E-state index in [-0.39, 0.29) is 28.6 Å². The standard InChI is InChI=1S/C31H42O9/c1-4-5-18-29(2,3)19-11-14-22-16-17-25(32)24(22)15-9-10-20-30(21-26(33)34,31(38,39)28(36)37)40-27(35)23-12-7-6-8-13-23/h6-14,22,24,38-39H,4-5,15-21H2,1-3H3,(H,33,34)(H,36,37)/b10-9-,14-11+/t22-,24+,30?/m0/s1. The number of esters is 1. The predicted octanol–water partition coefficient (Wildman–Crippen LogP) is 4.92. The van der Waals surface area contributed by atoms with Crippen LogP contribution in [0, 0.1) is 17.3 Å². The second-order valence-electron chi connectivity index (χ2n) is 11.4. The number of ether oxygens (including phenoxy) is 1. The maximum Gasteiger partial charge on any atom is 0.368 e. The first-order chi connectivity index (χ1) is 18.7. The molecular weight excluding hydrogens is 516 g/mol. The highest BCUT2D eigenvalue weighted by atomic mass is 16.6. The quantitative estimate of drug-likeness (QED) is 0.126. The Labute approximate surface area is 235 Å². The third-order valence-electron chi connectivity index (χ3n) is 7.59. The van der Waals surface area contributed by atoms with E-state index in [4.69, 9.17) is 4.74 Å². The fourth-order valence-electron chi connectivity index (χ4n) is 5.04. The Morgan fingerprint density at radius 3 is 2.30 bits per heavy atom. The van der Waals surface area contributed by atoms with Gasteiger partial charge in [-0.15, -0.1) is 0 Å². The number of carbonyl (C=O) groups is 4. The van der Waals surface area contributed by atoms with Crippen LogP contribution in [0.1, 0.15) is 88.9 Å². The molecule has 1 aliphatic carbocycles. The fraction of sp³-hybridized carbons (Fsp3) is 0.548. The van der Waals surface area contributed by atoms with Crippen molar-refractivity contribution < 1.29 is 44.3 Å². The number of carboxylic acid groups (broad SMARTS) is 2. The third kappa shape index (κ3) is 8.86. The van der Waals surface area contributed by atoms with E-state index in [1.165, 1.54) is 30.3 Å². The lowest BCUT2D eigenvalue weighted by atomic mass is 9.83.